The minimum absolute atomic E-state index is 0.0685. The molecule has 0 saturated carbocycles. The van der Waals surface area contributed by atoms with E-state index in [2.05, 4.69) is 16.3 Å². The number of nitro groups is 1. The van der Waals surface area contributed by atoms with Crippen molar-refractivity contribution >= 4 is 11.4 Å². The fourth-order valence-corrected chi connectivity index (χ4v) is 1.51. The molecule has 0 aliphatic heterocycles. The van der Waals surface area contributed by atoms with Crippen molar-refractivity contribution in [3.8, 4) is 0 Å². The first kappa shape index (κ1) is 10.5. The van der Waals surface area contributed by atoms with Gasteiger partial charge in [-0.05, 0) is 31.4 Å². The zero-order valence-electron chi connectivity index (χ0n) is 8.67. The summed E-state index contributed by atoms with van der Waals surface area (Å²) in [7, 11) is 0. The molecule has 1 aromatic rings. The first-order valence-corrected chi connectivity index (χ1v) is 5.11. The molecular weight excluding hydrogens is 206 g/mol. The Morgan fingerprint density at radius 2 is 1.94 bits per heavy atom. The summed E-state index contributed by atoms with van der Waals surface area (Å²) in [5.41, 5.74) is 1.70. The second kappa shape index (κ2) is 4.65. The summed E-state index contributed by atoms with van der Waals surface area (Å²) in [5.74, 6) is 0. The number of azo groups is 1. The van der Waals surface area contributed by atoms with E-state index in [9.17, 15) is 10.1 Å². The van der Waals surface area contributed by atoms with E-state index in [1.54, 1.807) is 12.1 Å². The summed E-state index contributed by atoms with van der Waals surface area (Å²) in [4.78, 5) is 9.99. The van der Waals surface area contributed by atoms with Crippen molar-refractivity contribution in [2.45, 2.75) is 19.3 Å². The average Bonchev–Trinajstić information content (AvgIpc) is 2.80. The molecule has 0 bridgehead atoms. The molecule has 0 spiro atoms. The fraction of sp³-hybridized carbons (Fsp3) is 0.273. The summed E-state index contributed by atoms with van der Waals surface area (Å²) in [6.07, 6.45) is 5.23. The van der Waals surface area contributed by atoms with Crippen molar-refractivity contribution < 1.29 is 4.92 Å². The molecule has 16 heavy (non-hydrogen) atoms. The molecule has 2 rings (SSSR count). The Morgan fingerprint density at radius 1 is 1.19 bits per heavy atom. The van der Waals surface area contributed by atoms with Crippen LogP contribution in [0.2, 0.25) is 0 Å². The summed E-state index contributed by atoms with van der Waals surface area (Å²) in [5, 5.41) is 18.5. The van der Waals surface area contributed by atoms with E-state index < -0.39 is 4.92 Å². The van der Waals surface area contributed by atoms with Gasteiger partial charge in [0.1, 0.15) is 0 Å². The smallest absolute Gasteiger partial charge is 0.258 e. The van der Waals surface area contributed by atoms with Gasteiger partial charge in [0.25, 0.3) is 5.69 Å². The maximum atomic E-state index is 10.4. The lowest BCUT2D eigenvalue weighted by atomic mass is 10.3. The third-order valence-corrected chi connectivity index (χ3v) is 2.37. The van der Waals surface area contributed by atoms with Gasteiger partial charge in [-0.25, -0.2) is 0 Å². The zero-order valence-corrected chi connectivity index (χ0v) is 8.67. The molecule has 82 valence electrons. The summed E-state index contributed by atoms with van der Waals surface area (Å²) in [6.45, 7) is 0. The van der Waals surface area contributed by atoms with Crippen LogP contribution in [0.5, 0.6) is 0 Å². The van der Waals surface area contributed by atoms with Crippen LogP contribution in [0.25, 0.3) is 0 Å². The van der Waals surface area contributed by atoms with E-state index in [4.69, 9.17) is 0 Å². The summed E-state index contributed by atoms with van der Waals surface area (Å²) >= 11 is 0. The van der Waals surface area contributed by atoms with Crippen LogP contribution in [-0.2, 0) is 0 Å². The van der Waals surface area contributed by atoms with Gasteiger partial charge < -0.3 is 0 Å². The molecule has 0 fully saturated rings. The van der Waals surface area contributed by atoms with Gasteiger partial charge in [-0.1, -0.05) is 6.08 Å². The second-order valence-electron chi connectivity index (χ2n) is 3.56. The normalized spacial score (nSPS) is 15.4. The Kier molecular flexibility index (Phi) is 3.05. The molecule has 0 unspecified atom stereocenters. The van der Waals surface area contributed by atoms with Gasteiger partial charge in [-0.15, -0.1) is 0 Å². The maximum absolute atomic E-state index is 10.4. The summed E-state index contributed by atoms with van der Waals surface area (Å²) in [6, 6.07) is 6.04. The zero-order chi connectivity index (χ0) is 11.4. The van der Waals surface area contributed by atoms with E-state index in [0.29, 0.717) is 5.69 Å². The molecule has 0 amide bonds. The molecule has 0 heterocycles. The van der Waals surface area contributed by atoms with Gasteiger partial charge in [0.2, 0.25) is 0 Å². The molecule has 5 nitrogen and oxygen atoms in total. The minimum Gasteiger partial charge on any atom is -0.258 e. The molecule has 1 aromatic carbocycles. The molecule has 0 atom stereocenters. The summed E-state index contributed by atoms with van der Waals surface area (Å²) < 4.78 is 0. The topological polar surface area (TPSA) is 67.9 Å². The van der Waals surface area contributed by atoms with Gasteiger partial charge in [0, 0.05) is 12.1 Å². The molecule has 0 radical (unpaired) electrons. The highest BCUT2D eigenvalue weighted by Gasteiger charge is 2.04. The largest absolute Gasteiger partial charge is 0.269 e. The highest BCUT2D eigenvalue weighted by molar-refractivity contribution is 5.43. The Bertz CT molecular complexity index is 449. The van der Waals surface area contributed by atoms with Crippen molar-refractivity contribution in [1.29, 1.82) is 0 Å². The number of benzene rings is 1. The van der Waals surface area contributed by atoms with Crippen LogP contribution in [0.3, 0.4) is 0 Å². The van der Waals surface area contributed by atoms with Crippen molar-refractivity contribution in [3.63, 3.8) is 0 Å². The second-order valence-corrected chi connectivity index (χ2v) is 3.56. The van der Waals surface area contributed by atoms with Crippen molar-refractivity contribution in [3.05, 3.63) is 46.2 Å². The monoisotopic (exact) mass is 217 g/mol. The number of hydrogen-bond acceptors (Lipinski definition) is 4. The SMILES string of the molecule is O=[N+]([O-])c1ccc(N=NC2=CCCC2)cc1. The van der Waals surface area contributed by atoms with Crippen LogP contribution in [0.15, 0.2) is 46.3 Å². The van der Waals surface area contributed by atoms with Crippen LogP contribution in [-0.4, -0.2) is 4.92 Å². The van der Waals surface area contributed by atoms with Gasteiger partial charge >= 0.3 is 0 Å². The van der Waals surface area contributed by atoms with Crippen molar-refractivity contribution in [2.24, 2.45) is 10.2 Å². The van der Waals surface area contributed by atoms with E-state index in [-0.39, 0.29) is 5.69 Å². The molecule has 1 aliphatic rings. The molecule has 1 aliphatic carbocycles. The quantitative estimate of drug-likeness (QED) is 0.439. The highest BCUT2D eigenvalue weighted by Crippen LogP contribution is 2.22. The number of rotatable bonds is 3. The van der Waals surface area contributed by atoms with Crippen LogP contribution < -0.4 is 0 Å². The van der Waals surface area contributed by atoms with Crippen molar-refractivity contribution in [1.82, 2.24) is 0 Å². The number of hydrogen-bond donors (Lipinski definition) is 0. The fourth-order valence-electron chi connectivity index (χ4n) is 1.51. The average molecular weight is 217 g/mol. The number of nitro benzene ring substituents is 1. The van der Waals surface area contributed by atoms with Crippen molar-refractivity contribution in [2.75, 3.05) is 0 Å². The van der Waals surface area contributed by atoms with Gasteiger partial charge in [-0.3, -0.25) is 10.1 Å². The Labute approximate surface area is 92.7 Å². The number of nitrogens with zero attached hydrogens (tertiary/aromatic N) is 3. The lowest BCUT2D eigenvalue weighted by Crippen LogP contribution is -1.85. The van der Waals surface area contributed by atoms with Crippen LogP contribution in [0.4, 0.5) is 11.4 Å². The van der Waals surface area contributed by atoms with Crippen LogP contribution in [0, 0.1) is 10.1 Å². The first-order chi connectivity index (χ1) is 7.75. The first-order valence-electron chi connectivity index (χ1n) is 5.11. The predicted octanol–water partition coefficient (Wildman–Crippen LogP) is 3.75. The van der Waals surface area contributed by atoms with Gasteiger partial charge in [-0.2, -0.15) is 10.2 Å². The van der Waals surface area contributed by atoms with E-state index in [1.165, 1.54) is 12.1 Å². The predicted molar refractivity (Wildman–Crippen MR) is 59.5 cm³/mol. The molecule has 0 saturated heterocycles. The van der Waals surface area contributed by atoms with E-state index in [0.717, 1.165) is 25.0 Å². The Morgan fingerprint density at radius 3 is 2.50 bits per heavy atom. The lowest BCUT2D eigenvalue weighted by Gasteiger charge is -1.93. The highest BCUT2D eigenvalue weighted by atomic mass is 16.6. The van der Waals surface area contributed by atoms with E-state index >= 15 is 0 Å². The van der Waals surface area contributed by atoms with Crippen LogP contribution in [0.1, 0.15) is 19.3 Å². The molecule has 0 N–H and O–H groups in total. The molecule has 0 aromatic heterocycles. The molecule has 5 heteroatoms. The van der Waals surface area contributed by atoms with Gasteiger partial charge in [0.15, 0.2) is 0 Å². The Balaban J connectivity index is 2.07. The minimum atomic E-state index is -0.430. The number of allylic oxidation sites excluding steroid dienone is 2. The number of non-ortho nitro benzene ring substituents is 1. The third kappa shape index (κ3) is 2.50. The standard InChI is InChI=1S/C11H11N3O2/c15-14(16)11-7-5-10(6-8-11)13-12-9-3-1-2-4-9/h3,5-8H,1-2,4H2. The van der Waals surface area contributed by atoms with Crippen LogP contribution >= 0.6 is 0 Å². The van der Waals surface area contributed by atoms with E-state index in [1.807, 2.05) is 0 Å². The maximum Gasteiger partial charge on any atom is 0.269 e. The Hall–Kier alpha value is -2.04. The lowest BCUT2D eigenvalue weighted by molar-refractivity contribution is -0.384. The third-order valence-electron chi connectivity index (χ3n) is 2.37. The van der Waals surface area contributed by atoms with Gasteiger partial charge in [0.05, 0.1) is 16.3 Å². The molecular formula is C11H11N3O2.